The average Bonchev–Trinajstić information content (AvgIpc) is 3.02. The molecule has 0 aromatic heterocycles. The molecular weight excluding hydrogens is 648 g/mol. The monoisotopic (exact) mass is 708 g/mol. The fourth-order valence-corrected chi connectivity index (χ4v) is 8.51. The number of ether oxygens (including phenoxy) is 2. The number of esters is 1. The Labute approximate surface area is 303 Å². The molecule has 1 aromatic carbocycles. The third-order valence-electron chi connectivity index (χ3n) is 13.2. The van der Waals surface area contributed by atoms with Gasteiger partial charge in [0.25, 0.3) is 0 Å². The van der Waals surface area contributed by atoms with Crippen molar-refractivity contribution in [2.75, 3.05) is 0 Å². The zero-order chi connectivity index (χ0) is 37.9. The summed E-state index contributed by atoms with van der Waals surface area (Å²) in [6.07, 6.45) is 1.66. The topological polar surface area (TPSA) is 152 Å². The maximum absolute atomic E-state index is 13.5. The van der Waals surface area contributed by atoms with Crippen LogP contribution in [0.25, 0.3) is 0 Å². The van der Waals surface area contributed by atoms with E-state index in [9.17, 15) is 24.0 Å². The Morgan fingerprint density at radius 2 is 0.941 bits per heavy atom. The molecule has 11 nitrogen and oxygen atoms in total. The van der Waals surface area contributed by atoms with E-state index in [0.717, 1.165) is 5.56 Å². The summed E-state index contributed by atoms with van der Waals surface area (Å²) in [4.78, 5) is 65.5. The molecule has 8 atom stereocenters. The van der Waals surface area contributed by atoms with Crippen LogP contribution in [0.4, 0.5) is 4.79 Å². The van der Waals surface area contributed by atoms with Crippen LogP contribution in [-0.4, -0.2) is 59.6 Å². The quantitative estimate of drug-likeness (QED) is 0.242. The summed E-state index contributed by atoms with van der Waals surface area (Å²) in [5, 5.41) is 12.5. The first kappa shape index (κ1) is 38.6. The lowest BCUT2D eigenvalue weighted by Gasteiger charge is -2.56. The van der Waals surface area contributed by atoms with Crippen LogP contribution < -0.4 is 21.3 Å². The number of hydrogen-bond donors (Lipinski definition) is 4. The summed E-state index contributed by atoms with van der Waals surface area (Å²) in [7, 11) is 0. The van der Waals surface area contributed by atoms with Crippen molar-refractivity contribution in [1.82, 2.24) is 21.3 Å². The molecule has 0 heterocycles. The molecule has 0 bridgehead atoms. The van der Waals surface area contributed by atoms with Crippen LogP contribution in [0, 0.1) is 45.3 Å². The summed E-state index contributed by atoms with van der Waals surface area (Å²) >= 11 is 0. The van der Waals surface area contributed by atoms with E-state index in [0.29, 0.717) is 25.7 Å². The van der Waals surface area contributed by atoms with Gasteiger partial charge in [-0.15, -0.1) is 0 Å². The van der Waals surface area contributed by atoms with Crippen LogP contribution in [0.2, 0.25) is 0 Å². The van der Waals surface area contributed by atoms with Crippen molar-refractivity contribution in [3.8, 4) is 0 Å². The second-order valence-electron chi connectivity index (χ2n) is 18.9. The second kappa shape index (κ2) is 13.4. The molecule has 4 fully saturated rings. The standard InChI is InChI=1S/C40H60N4O7/c1-36(2,3)51-34(48)26-20-29(40(26,10)11)43-32(46)24-18-27(38(24,6)7)41-31(45)23-17-28(37(23,4)5)42-33(47)25-19-30(39(25,8)9)44-35(49)50-21-22-15-13-12-14-16-22/h12-16,23-30H,17-21H2,1-11H3,(H,41,45)(H,42,47)(H,43,46)(H,44,49)/t23-,24-,25-,26-,27-,28-,29-,30-/m1/s1. The summed E-state index contributed by atoms with van der Waals surface area (Å²) in [5.41, 5.74) is -1.40. The molecule has 0 unspecified atom stereocenters. The van der Waals surface area contributed by atoms with Gasteiger partial charge in [-0.05, 0) is 73.7 Å². The molecule has 4 saturated carbocycles. The number of benzene rings is 1. The number of nitrogens with one attached hydrogen (secondary N) is 4. The molecule has 4 aliphatic rings. The van der Waals surface area contributed by atoms with E-state index in [1.54, 1.807) is 0 Å². The van der Waals surface area contributed by atoms with Gasteiger partial charge in [-0.2, -0.15) is 0 Å². The summed E-state index contributed by atoms with van der Waals surface area (Å²) in [6, 6.07) is 8.87. The Balaban J connectivity index is 1.05. The molecule has 0 saturated heterocycles. The average molecular weight is 709 g/mol. The lowest BCUT2D eigenvalue weighted by Crippen LogP contribution is -2.69. The molecule has 4 N–H and O–H groups in total. The maximum atomic E-state index is 13.5. The molecule has 11 heteroatoms. The van der Waals surface area contributed by atoms with E-state index < -0.39 is 33.4 Å². The van der Waals surface area contributed by atoms with E-state index >= 15 is 0 Å². The summed E-state index contributed by atoms with van der Waals surface area (Å²) < 4.78 is 11.0. The number of amides is 4. The number of carbonyl (C=O) groups excluding carboxylic acids is 5. The minimum atomic E-state index is -0.557. The van der Waals surface area contributed by atoms with Crippen LogP contribution >= 0.6 is 0 Å². The van der Waals surface area contributed by atoms with Crippen LogP contribution in [0.3, 0.4) is 0 Å². The van der Waals surface area contributed by atoms with Crippen molar-refractivity contribution in [3.63, 3.8) is 0 Å². The predicted molar refractivity (Wildman–Crippen MR) is 193 cm³/mol. The lowest BCUT2D eigenvalue weighted by molar-refractivity contribution is -0.175. The SMILES string of the molecule is CC(C)(C)OC(=O)[C@H]1C[C@@H](NC(=O)[C@H]2C[C@@H](NC(=O)[C@H]3C[C@@H](NC(=O)[C@H]4C[C@@H](NC(=O)OCc5ccccc5)C4(C)C)C3(C)C)C2(C)C)C1(C)C. The zero-order valence-corrected chi connectivity index (χ0v) is 32.4. The fraction of sp³-hybridized carbons (Fsp3) is 0.725. The highest BCUT2D eigenvalue weighted by molar-refractivity contribution is 5.86. The third kappa shape index (κ3) is 7.49. The van der Waals surface area contributed by atoms with Gasteiger partial charge in [0.2, 0.25) is 17.7 Å². The molecule has 0 spiro atoms. The van der Waals surface area contributed by atoms with Crippen molar-refractivity contribution >= 4 is 29.8 Å². The Morgan fingerprint density at radius 3 is 1.29 bits per heavy atom. The first-order chi connectivity index (χ1) is 23.5. The Bertz CT molecular complexity index is 1530. The van der Waals surface area contributed by atoms with Crippen LogP contribution in [-0.2, 0) is 35.3 Å². The third-order valence-corrected chi connectivity index (χ3v) is 13.2. The van der Waals surface area contributed by atoms with Crippen molar-refractivity contribution in [2.45, 2.75) is 138 Å². The van der Waals surface area contributed by atoms with E-state index in [4.69, 9.17) is 9.47 Å². The molecule has 0 aliphatic heterocycles. The van der Waals surface area contributed by atoms with Crippen LogP contribution in [0.1, 0.15) is 107 Å². The minimum Gasteiger partial charge on any atom is -0.460 e. The van der Waals surface area contributed by atoms with Gasteiger partial charge in [-0.3, -0.25) is 19.2 Å². The van der Waals surface area contributed by atoms with Crippen LogP contribution in [0.15, 0.2) is 30.3 Å². The van der Waals surface area contributed by atoms with Gasteiger partial charge in [0.1, 0.15) is 12.2 Å². The van der Waals surface area contributed by atoms with Crippen molar-refractivity contribution in [1.29, 1.82) is 0 Å². The number of alkyl carbamates (subject to hydrolysis) is 1. The van der Waals surface area contributed by atoms with Crippen molar-refractivity contribution in [2.24, 2.45) is 45.3 Å². The van der Waals surface area contributed by atoms with Gasteiger partial charge in [-0.25, -0.2) is 4.79 Å². The van der Waals surface area contributed by atoms with E-state index in [1.165, 1.54) is 0 Å². The highest BCUT2D eigenvalue weighted by atomic mass is 16.6. The van der Waals surface area contributed by atoms with Gasteiger partial charge in [-0.1, -0.05) is 85.7 Å². The molecule has 51 heavy (non-hydrogen) atoms. The van der Waals surface area contributed by atoms with Crippen LogP contribution in [0.5, 0.6) is 0 Å². The van der Waals surface area contributed by atoms with Crippen molar-refractivity contribution in [3.05, 3.63) is 35.9 Å². The summed E-state index contributed by atoms with van der Waals surface area (Å²) in [6.45, 7) is 21.7. The number of rotatable bonds is 10. The van der Waals surface area contributed by atoms with Gasteiger partial charge in [0, 0.05) is 41.9 Å². The largest absolute Gasteiger partial charge is 0.460 e. The predicted octanol–water partition coefficient (Wildman–Crippen LogP) is 5.26. The molecule has 0 radical (unpaired) electrons. The molecule has 5 rings (SSSR count). The van der Waals surface area contributed by atoms with Gasteiger partial charge < -0.3 is 30.7 Å². The van der Waals surface area contributed by atoms with Gasteiger partial charge in [0.15, 0.2) is 0 Å². The highest BCUT2D eigenvalue weighted by Crippen LogP contribution is 2.52. The Hall–Kier alpha value is -3.63. The molecule has 4 aliphatic carbocycles. The molecular formula is C40H60N4O7. The highest BCUT2D eigenvalue weighted by Gasteiger charge is 2.60. The number of carbonyl (C=O) groups is 5. The maximum Gasteiger partial charge on any atom is 0.407 e. The smallest absolute Gasteiger partial charge is 0.407 e. The fourth-order valence-electron chi connectivity index (χ4n) is 8.51. The first-order valence-electron chi connectivity index (χ1n) is 18.6. The summed E-state index contributed by atoms with van der Waals surface area (Å²) in [5.74, 6) is -1.44. The van der Waals surface area contributed by atoms with Gasteiger partial charge in [0.05, 0.1) is 5.92 Å². The first-order valence-corrected chi connectivity index (χ1v) is 18.6. The normalized spacial score (nSPS) is 32.2. The molecule has 4 amide bonds. The van der Waals surface area contributed by atoms with Gasteiger partial charge >= 0.3 is 12.1 Å². The lowest BCUT2D eigenvalue weighted by atomic mass is 9.55. The van der Waals surface area contributed by atoms with E-state index in [2.05, 4.69) is 21.3 Å². The molecule has 1 aromatic rings. The van der Waals surface area contributed by atoms with E-state index in [-0.39, 0.29) is 78.1 Å². The molecule has 282 valence electrons. The van der Waals surface area contributed by atoms with Crippen molar-refractivity contribution < 1.29 is 33.4 Å². The second-order valence-corrected chi connectivity index (χ2v) is 18.9. The minimum absolute atomic E-state index is 0.0432. The van der Waals surface area contributed by atoms with E-state index in [1.807, 2.05) is 106 Å². The Morgan fingerprint density at radius 1 is 0.588 bits per heavy atom. The Kier molecular flexibility index (Phi) is 10.1. The number of hydrogen-bond acceptors (Lipinski definition) is 7. The zero-order valence-electron chi connectivity index (χ0n) is 32.4.